The summed E-state index contributed by atoms with van der Waals surface area (Å²) in [5.41, 5.74) is 1.29. The number of nitrogens with zero attached hydrogens (tertiary/aromatic N) is 2. The maximum absolute atomic E-state index is 12.7. The van der Waals surface area contributed by atoms with Crippen LogP contribution in [0.1, 0.15) is 51.0 Å². The Balaban J connectivity index is 1.45. The molecule has 4 aliphatic carbocycles. The molecule has 5 nitrogen and oxygen atoms in total. The lowest BCUT2D eigenvalue weighted by atomic mass is 9.48. The summed E-state index contributed by atoms with van der Waals surface area (Å²) < 4.78 is 0. The molecule has 0 aliphatic heterocycles. The van der Waals surface area contributed by atoms with Gasteiger partial charge in [0.25, 0.3) is 5.91 Å². The highest BCUT2D eigenvalue weighted by Crippen LogP contribution is 2.61. The van der Waals surface area contributed by atoms with Crippen LogP contribution in [-0.4, -0.2) is 11.9 Å². The van der Waals surface area contributed by atoms with Crippen molar-refractivity contribution in [3.8, 4) is 12.1 Å². The molecule has 0 saturated heterocycles. The summed E-state index contributed by atoms with van der Waals surface area (Å²) in [5.74, 6) is 2.12. The van der Waals surface area contributed by atoms with E-state index < -0.39 is 0 Å². The van der Waals surface area contributed by atoms with Crippen molar-refractivity contribution in [3.05, 3.63) is 41.6 Å². The Labute approximate surface area is 166 Å². The van der Waals surface area contributed by atoms with Crippen LogP contribution in [0, 0.1) is 45.8 Å². The smallest absolute Gasteiger partial charge is 0.263 e. The van der Waals surface area contributed by atoms with Crippen molar-refractivity contribution in [2.75, 3.05) is 5.32 Å². The van der Waals surface area contributed by atoms with Gasteiger partial charge in [-0.05, 0) is 80.8 Å². The summed E-state index contributed by atoms with van der Waals surface area (Å²) in [4.78, 5) is 12.7. The second-order valence-electron chi connectivity index (χ2n) is 8.95. The van der Waals surface area contributed by atoms with E-state index in [2.05, 4.69) is 23.6 Å². The maximum atomic E-state index is 12.7. The lowest BCUT2D eigenvalue weighted by Gasteiger charge is -2.59. The monoisotopic (exact) mass is 374 g/mol. The molecule has 4 saturated carbocycles. The van der Waals surface area contributed by atoms with Gasteiger partial charge in [0.1, 0.15) is 17.7 Å². The normalized spacial score (nSPS) is 31.5. The fraction of sp³-hybridized carbons (Fsp3) is 0.522. The maximum Gasteiger partial charge on any atom is 0.263 e. The molecular weight excluding hydrogens is 348 g/mol. The van der Waals surface area contributed by atoms with Gasteiger partial charge in [0.05, 0.1) is 11.3 Å². The number of hydrogen-bond donors (Lipinski definition) is 2. The van der Waals surface area contributed by atoms with Crippen molar-refractivity contribution in [3.63, 3.8) is 0 Å². The van der Waals surface area contributed by atoms with Crippen LogP contribution in [0.2, 0.25) is 0 Å². The van der Waals surface area contributed by atoms with Gasteiger partial charge in [-0.3, -0.25) is 4.79 Å². The van der Waals surface area contributed by atoms with Crippen LogP contribution in [0.4, 0.5) is 5.69 Å². The summed E-state index contributed by atoms with van der Waals surface area (Å²) in [6, 6.07) is 11.2. The van der Waals surface area contributed by atoms with Crippen LogP contribution in [0.25, 0.3) is 0 Å². The first-order chi connectivity index (χ1) is 13.5. The predicted octanol–water partition coefficient (Wildman–Crippen LogP) is 4.10. The fourth-order valence-electron chi connectivity index (χ4n) is 6.14. The van der Waals surface area contributed by atoms with Gasteiger partial charge in [0.2, 0.25) is 0 Å². The number of amides is 1. The number of carbonyl (C=O) groups is 1. The van der Waals surface area contributed by atoms with Crippen molar-refractivity contribution in [2.24, 2.45) is 23.2 Å². The van der Waals surface area contributed by atoms with Gasteiger partial charge in [-0.1, -0.05) is 12.1 Å². The summed E-state index contributed by atoms with van der Waals surface area (Å²) in [5, 5.41) is 24.7. The minimum Gasteiger partial charge on any atom is -0.359 e. The molecule has 4 aliphatic rings. The quantitative estimate of drug-likeness (QED) is 0.600. The number of para-hydroxylation sites is 1. The lowest BCUT2D eigenvalue weighted by Crippen LogP contribution is -2.56. The molecule has 144 valence electrons. The lowest BCUT2D eigenvalue weighted by molar-refractivity contribution is -0.122. The van der Waals surface area contributed by atoms with E-state index in [4.69, 9.17) is 5.26 Å². The zero-order valence-electron chi connectivity index (χ0n) is 16.2. The van der Waals surface area contributed by atoms with E-state index in [0.29, 0.717) is 11.3 Å². The molecule has 1 amide bonds. The zero-order chi connectivity index (χ0) is 19.7. The van der Waals surface area contributed by atoms with E-state index in [9.17, 15) is 10.1 Å². The van der Waals surface area contributed by atoms with Gasteiger partial charge in [-0.15, -0.1) is 0 Å². The van der Waals surface area contributed by atoms with E-state index >= 15 is 0 Å². The average molecular weight is 374 g/mol. The molecular formula is C23H26N4O. The molecule has 2 N–H and O–H groups in total. The molecule has 0 heterocycles. The van der Waals surface area contributed by atoms with Gasteiger partial charge in [-0.25, -0.2) is 0 Å². The Morgan fingerprint density at radius 3 is 2.32 bits per heavy atom. The standard InChI is InChI=1S/C23H26N4O/c1-15(23-9-16-6-17(10-23)8-18(7-16)11-23)27-22(28)20(13-25)14-26-21-5-3-2-4-19(21)12-24/h2-5,14-18,26H,6-11H2,1H3,(H,27,28)/b20-14-. The third-order valence-corrected chi connectivity index (χ3v) is 7.14. The number of rotatable bonds is 5. The molecule has 1 unspecified atom stereocenters. The highest BCUT2D eigenvalue weighted by Gasteiger charge is 2.53. The Morgan fingerprint density at radius 2 is 1.75 bits per heavy atom. The first-order valence-corrected chi connectivity index (χ1v) is 10.2. The minimum atomic E-state index is -0.340. The van der Waals surface area contributed by atoms with Gasteiger partial charge < -0.3 is 10.6 Å². The largest absolute Gasteiger partial charge is 0.359 e. The number of nitriles is 2. The van der Waals surface area contributed by atoms with Crippen LogP contribution in [0.15, 0.2) is 36.0 Å². The third-order valence-electron chi connectivity index (χ3n) is 7.14. The van der Waals surface area contributed by atoms with Crippen molar-refractivity contribution in [2.45, 2.75) is 51.5 Å². The summed E-state index contributed by atoms with van der Waals surface area (Å²) >= 11 is 0. The molecule has 1 atom stereocenters. The average Bonchev–Trinajstić information content (AvgIpc) is 2.67. The summed E-state index contributed by atoms with van der Waals surface area (Å²) in [6.45, 7) is 2.11. The summed E-state index contributed by atoms with van der Waals surface area (Å²) in [6.07, 6.45) is 9.12. The van der Waals surface area contributed by atoms with Crippen LogP contribution in [0.3, 0.4) is 0 Å². The van der Waals surface area contributed by atoms with Crippen molar-refractivity contribution >= 4 is 11.6 Å². The van der Waals surface area contributed by atoms with E-state index in [1.807, 2.05) is 6.07 Å². The first kappa shape index (κ1) is 18.6. The van der Waals surface area contributed by atoms with Gasteiger partial charge in [-0.2, -0.15) is 10.5 Å². The first-order valence-electron chi connectivity index (χ1n) is 10.2. The second kappa shape index (κ2) is 7.32. The molecule has 5 heteroatoms. The number of nitrogens with one attached hydrogen (secondary N) is 2. The van der Waals surface area contributed by atoms with Crippen LogP contribution in [-0.2, 0) is 4.79 Å². The molecule has 0 radical (unpaired) electrons. The SMILES string of the molecule is CC(NC(=O)/C(C#N)=C\Nc1ccccc1C#N)C12CC3CC(CC(C3)C1)C2. The van der Waals surface area contributed by atoms with Crippen LogP contribution in [0.5, 0.6) is 0 Å². The number of carbonyl (C=O) groups excluding carboxylic acids is 1. The number of anilines is 1. The molecule has 0 spiro atoms. The van der Waals surface area contributed by atoms with E-state index in [1.54, 1.807) is 24.3 Å². The van der Waals surface area contributed by atoms with Crippen molar-refractivity contribution in [1.82, 2.24) is 5.32 Å². The Morgan fingerprint density at radius 1 is 1.14 bits per heavy atom. The van der Waals surface area contributed by atoms with Crippen molar-refractivity contribution < 1.29 is 4.79 Å². The zero-order valence-corrected chi connectivity index (χ0v) is 16.2. The molecule has 4 fully saturated rings. The highest BCUT2D eigenvalue weighted by molar-refractivity contribution is 5.97. The van der Waals surface area contributed by atoms with E-state index in [-0.39, 0.29) is 22.9 Å². The van der Waals surface area contributed by atoms with Crippen LogP contribution < -0.4 is 10.6 Å². The molecule has 0 aromatic heterocycles. The number of benzene rings is 1. The van der Waals surface area contributed by atoms with Crippen molar-refractivity contribution in [1.29, 1.82) is 10.5 Å². The van der Waals surface area contributed by atoms with E-state index in [0.717, 1.165) is 17.8 Å². The Kier molecular flexibility index (Phi) is 4.85. The number of hydrogen-bond acceptors (Lipinski definition) is 4. The van der Waals surface area contributed by atoms with Gasteiger partial charge in [0.15, 0.2) is 0 Å². The molecule has 1 aromatic carbocycles. The van der Waals surface area contributed by atoms with Crippen LogP contribution >= 0.6 is 0 Å². The molecule has 28 heavy (non-hydrogen) atoms. The Hall–Kier alpha value is -2.79. The third kappa shape index (κ3) is 3.38. The molecule has 1 aromatic rings. The highest BCUT2D eigenvalue weighted by atomic mass is 16.1. The molecule has 5 rings (SSSR count). The summed E-state index contributed by atoms with van der Waals surface area (Å²) in [7, 11) is 0. The van der Waals surface area contributed by atoms with E-state index in [1.165, 1.54) is 44.7 Å². The second-order valence-corrected chi connectivity index (χ2v) is 8.95. The van der Waals surface area contributed by atoms with Gasteiger partial charge in [0, 0.05) is 12.2 Å². The van der Waals surface area contributed by atoms with Gasteiger partial charge >= 0.3 is 0 Å². The topological polar surface area (TPSA) is 88.7 Å². The Bertz CT molecular complexity index is 853. The molecule has 4 bridgehead atoms. The fourth-order valence-corrected chi connectivity index (χ4v) is 6.14. The minimum absolute atomic E-state index is 0.0318. The predicted molar refractivity (Wildman–Crippen MR) is 107 cm³/mol.